The van der Waals surface area contributed by atoms with E-state index in [1.807, 2.05) is 48.5 Å². The van der Waals surface area contributed by atoms with Gasteiger partial charge in [0.1, 0.15) is 5.25 Å². The molecule has 4 nitrogen and oxygen atoms in total. The lowest BCUT2D eigenvalue weighted by molar-refractivity contribution is -0.123. The fourth-order valence-corrected chi connectivity index (χ4v) is 5.34. The van der Waals surface area contributed by atoms with Gasteiger partial charge in [-0.2, -0.15) is 0 Å². The minimum absolute atomic E-state index is 0.0402. The van der Waals surface area contributed by atoms with Gasteiger partial charge in [-0.3, -0.25) is 9.59 Å². The summed E-state index contributed by atoms with van der Waals surface area (Å²) >= 11 is 1.44. The molecule has 1 aliphatic carbocycles. The molecule has 0 bridgehead atoms. The van der Waals surface area contributed by atoms with Gasteiger partial charge >= 0.3 is 0 Å². The van der Waals surface area contributed by atoms with Crippen molar-refractivity contribution in [2.24, 2.45) is 11.8 Å². The van der Waals surface area contributed by atoms with Gasteiger partial charge in [-0.25, -0.2) is 9.88 Å². The molecule has 2 fully saturated rings. The number of nitrogens with zero attached hydrogens (tertiary/aromatic N) is 2. The Morgan fingerprint density at radius 1 is 0.885 bits per heavy atom. The first-order valence-electron chi connectivity index (χ1n) is 9.26. The maximum absolute atomic E-state index is 13.3. The number of para-hydroxylation sites is 1. The number of carbonyl (C=O) groups excluding carboxylic acids is 2. The van der Waals surface area contributed by atoms with Crippen LogP contribution in [0.4, 0.5) is 5.69 Å². The molecular weight excluding hydrogens is 344 g/mol. The number of rotatable bonds is 4. The first-order chi connectivity index (χ1) is 12.8. The lowest BCUT2D eigenvalue weighted by Gasteiger charge is -2.28. The monoisotopic (exact) mass is 366 g/mol. The van der Waals surface area contributed by atoms with Crippen molar-refractivity contribution >= 4 is 29.3 Å². The molecule has 2 heterocycles. The van der Waals surface area contributed by atoms with Crippen LogP contribution in [0.1, 0.15) is 32.1 Å². The number of carbonyl (C=O) groups is 2. The van der Waals surface area contributed by atoms with Crippen LogP contribution in [-0.4, -0.2) is 22.0 Å². The van der Waals surface area contributed by atoms with Gasteiger partial charge in [0.05, 0.1) is 16.6 Å². The second-order valence-electron chi connectivity index (χ2n) is 6.98. The van der Waals surface area contributed by atoms with Crippen molar-refractivity contribution in [3.63, 3.8) is 0 Å². The van der Waals surface area contributed by atoms with Crippen LogP contribution in [-0.2, 0) is 9.59 Å². The maximum atomic E-state index is 13.3. The Labute approximate surface area is 158 Å². The fourth-order valence-electron chi connectivity index (χ4n) is 4.11. The van der Waals surface area contributed by atoms with E-state index >= 15 is 0 Å². The SMILES string of the molecule is O=C1[C@H](C2CCCCC2)[C@@H](Sc2ccccn2)C(=O)N1c1ccccc1. The fraction of sp³-hybridized carbons (Fsp3) is 0.381. The zero-order chi connectivity index (χ0) is 17.9. The molecule has 2 atom stereocenters. The van der Waals surface area contributed by atoms with Gasteiger partial charge in [0.25, 0.3) is 0 Å². The van der Waals surface area contributed by atoms with Gasteiger partial charge in [0, 0.05) is 6.20 Å². The summed E-state index contributed by atoms with van der Waals surface area (Å²) in [6.07, 6.45) is 7.32. The predicted molar refractivity (Wildman–Crippen MR) is 103 cm³/mol. The molecule has 134 valence electrons. The minimum atomic E-state index is -0.388. The van der Waals surface area contributed by atoms with E-state index in [1.165, 1.54) is 23.1 Å². The lowest BCUT2D eigenvalue weighted by atomic mass is 9.79. The van der Waals surface area contributed by atoms with Crippen LogP contribution in [0, 0.1) is 11.8 Å². The summed E-state index contributed by atoms with van der Waals surface area (Å²) < 4.78 is 0. The minimum Gasteiger partial charge on any atom is -0.274 e. The predicted octanol–water partition coefficient (Wildman–Crippen LogP) is 4.31. The highest BCUT2D eigenvalue weighted by molar-refractivity contribution is 8.00. The van der Waals surface area contributed by atoms with Gasteiger partial charge < -0.3 is 0 Å². The van der Waals surface area contributed by atoms with E-state index < -0.39 is 0 Å². The summed E-state index contributed by atoms with van der Waals surface area (Å²) in [4.78, 5) is 32.3. The average Bonchev–Trinajstić information content (AvgIpc) is 2.94. The summed E-state index contributed by atoms with van der Waals surface area (Å²) in [6, 6.07) is 15.0. The molecule has 2 amide bonds. The molecule has 0 N–H and O–H groups in total. The topological polar surface area (TPSA) is 50.3 Å². The number of hydrogen-bond donors (Lipinski definition) is 0. The number of imide groups is 1. The highest BCUT2D eigenvalue weighted by atomic mass is 32.2. The standard InChI is InChI=1S/C21H22N2O2S/c24-20-18(15-9-3-1-4-10-15)19(26-17-13-7-8-14-22-17)21(25)23(20)16-11-5-2-6-12-16/h2,5-8,11-15,18-19H,1,3-4,9-10H2/t18-,19-/m1/s1. The quantitative estimate of drug-likeness (QED) is 0.757. The van der Waals surface area contributed by atoms with Crippen LogP contribution >= 0.6 is 11.8 Å². The second-order valence-corrected chi connectivity index (χ2v) is 8.14. The van der Waals surface area contributed by atoms with Gasteiger partial charge in [-0.1, -0.05) is 55.3 Å². The third kappa shape index (κ3) is 3.28. The second kappa shape index (κ2) is 7.62. The zero-order valence-electron chi connectivity index (χ0n) is 14.6. The van der Waals surface area contributed by atoms with Crippen LogP contribution in [0.25, 0.3) is 0 Å². The molecule has 26 heavy (non-hydrogen) atoms. The molecule has 1 aromatic carbocycles. The van der Waals surface area contributed by atoms with Crippen LogP contribution in [0.5, 0.6) is 0 Å². The van der Waals surface area contributed by atoms with Crippen molar-refractivity contribution in [3.05, 3.63) is 54.7 Å². The van der Waals surface area contributed by atoms with Crippen LogP contribution in [0.3, 0.4) is 0 Å². The van der Waals surface area contributed by atoms with Gasteiger partial charge in [-0.15, -0.1) is 0 Å². The summed E-state index contributed by atoms with van der Waals surface area (Å²) in [5.41, 5.74) is 0.674. The third-order valence-corrected chi connectivity index (χ3v) is 6.58. The lowest BCUT2D eigenvalue weighted by Crippen LogP contribution is -2.32. The number of aromatic nitrogens is 1. The van der Waals surface area contributed by atoms with Gasteiger partial charge in [0.15, 0.2) is 0 Å². The first-order valence-corrected chi connectivity index (χ1v) is 10.1. The van der Waals surface area contributed by atoms with Crippen molar-refractivity contribution in [2.45, 2.75) is 42.4 Å². The molecule has 1 saturated carbocycles. The summed E-state index contributed by atoms with van der Waals surface area (Å²) in [5, 5.41) is 0.412. The van der Waals surface area contributed by atoms with E-state index in [9.17, 15) is 9.59 Å². The molecule has 0 radical (unpaired) electrons. The Kier molecular flexibility index (Phi) is 5.07. The Hall–Kier alpha value is -2.14. The molecular formula is C21H22N2O2S. The van der Waals surface area contributed by atoms with E-state index in [2.05, 4.69) is 4.98 Å². The summed E-state index contributed by atoms with van der Waals surface area (Å²) in [6.45, 7) is 0. The Bertz CT molecular complexity index is 775. The summed E-state index contributed by atoms with van der Waals surface area (Å²) in [5.74, 6) is -0.112. The van der Waals surface area contributed by atoms with Crippen molar-refractivity contribution < 1.29 is 9.59 Å². The van der Waals surface area contributed by atoms with Crippen molar-refractivity contribution in [3.8, 4) is 0 Å². The highest BCUT2D eigenvalue weighted by Gasteiger charge is 2.51. The van der Waals surface area contributed by atoms with Crippen molar-refractivity contribution in [1.82, 2.24) is 4.98 Å². The molecule has 1 saturated heterocycles. The number of anilines is 1. The largest absolute Gasteiger partial charge is 0.274 e. The number of amides is 2. The number of pyridine rings is 1. The molecule has 0 spiro atoms. The number of thioether (sulfide) groups is 1. The molecule has 1 aromatic heterocycles. The molecule has 0 unspecified atom stereocenters. The summed E-state index contributed by atoms with van der Waals surface area (Å²) in [7, 11) is 0. The highest BCUT2D eigenvalue weighted by Crippen LogP contribution is 2.44. The average molecular weight is 366 g/mol. The van der Waals surface area contributed by atoms with Crippen molar-refractivity contribution in [1.29, 1.82) is 0 Å². The molecule has 4 rings (SSSR count). The first kappa shape index (κ1) is 17.3. The Morgan fingerprint density at radius 3 is 2.31 bits per heavy atom. The molecule has 2 aromatic rings. The van der Waals surface area contributed by atoms with Crippen LogP contribution in [0.2, 0.25) is 0 Å². The van der Waals surface area contributed by atoms with Crippen molar-refractivity contribution in [2.75, 3.05) is 4.90 Å². The van der Waals surface area contributed by atoms with Gasteiger partial charge in [-0.05, 0) is 43.0 Å². The van der Waals surface area contributed by atoms with E-state index in [1.54, 1.807) is 6.20 Å². The smallest absolute Gasteiger partial charge is 0.248 e. The maximum Gasteiger partial charge on any atom is 0.248 e. The Morgan fingerprint density at radius 2 is 1.62 bits per heavy atom. The number of benzene rings is 1. The molecule has 2 aliphatic rings. The van der Waals surface area contributed by atoms with E-state index in [4.69, 9.17) is 0 Å². The van der Waals surface area contributed by atoms with E-state index in [0.717, 1.165) is 30.7 Å². The number of hydrogen-bond acceptors (Lipinski definition) is 4. The van der Waals surface area contributed by atoms with Gasteiger partial charge in [0.2, 0.25) is 11.8 Å². The van der Waals surface area contributed by atoms with Crippen LogP contribution < -0.4 is 4.90 Å². The van der Waals surface area contributed by atoms with E-state index in [0.29, 0.717) is 5.69 Å². The zero-order valence-corrected chi connectivity index (χ0v) is 15.4. The van der Waals surface area contributed by atoms with Crippen LogP contribution in [0.15, 0.2) is 59.8 Å². The molecule has 1 aliphatic heterocycles. The van der Waals surface area contributed by atoms with E-state index in [-0.39, 0.29) is 28.9 Å². The molecule has 5 heteroatoms. The third-order valence-electron chi connectivity index (χ3n) is 5.35. The normalized spacial score (nSPS) is 24.2. The Balaban J connectivity index is 1.68.